The number of hydrogen-bond donors (Lipinski definition) is 2. The van der Waals surface area contributed by atoms with Crippen molar-refractivity contribution in [2.45, 2.75) is 27.3 Å². The normalized spacial score (nSPS) is 10.3. The van der Waals surface area contributed by atoms with E-state index in [1.54, 1.807) is 0 Å². The Morgan fingerprint density at radius 3 is 2.58 bits per heavy atom. The number of aryl methyl sites for hydroxylation is 3. The summed E-state index contributed by atoms with van der Waals surface area (Å²) < 4.78 is 5.41. The third-order valence-corrected chi connectivity index (χ3v) is 2.98. The largest absolute Gasteiger partial charge is 0.466 e. The van der Waals surface area contributed by atoms with Crippen molar-refractivity contribution in [1.29, 1.82) is 0 Å². The molecule has 0 atom stereocenters. The molecule has 1 aromatic heterocycles. The van der Waals surface area contributed by atoms with Crippen LogP contribution in [0.3, 0.4) is 0 Å². The van der Waals surface area contributed by atoms with Gasteiger partial charge in [-0.15, -0.1) is 0 Å². The van der Waals surface area contributed by atoms with Crippen LogP contribution in [-0.2, 0) is 6.54 Å². The van der Waals surface area contributed by atoms with Crippen molar-refractivity contribution in [2.24, 2.45) is 0 Å². The van der Waals surface area contributed by atoms with Crippen LogP contribution in [0, 0.1) is 20.8 Å². The number of hydrogen-bond acceptors (Lipinski definition) is 2. The molecule has 4 nitrogen and oxygen atoms in total. The Kier molecular flexibility index (Phi) is 3.90. The van der Waals surface area contributed by atoms with Gasteiger partial charge in [-0.2, -0.15) is 0 Å². The maximum Gasteiger partial charge on any atom is 0.319 e. The van der Waals surface area contributed by atoms with Crippen LogP contribution in [0.1, 0.15) is 22.6 Å². The van der Waals surface area contributed by atoms with Crippen molar-refractivity contribution >= 4 is 11.7 Å². The van der Waals surface area contributed by atoms with Gasteiger partial charge in [-0.3, -0.25) is 0 Å². The Labute approximate surface area is 112 Å². The summed E-state index contributed by atoms with van der Waals surface area (Å²) in [6.07, 6.45) is 0. The van der Waals surface area contributed by atoms with E-state index >= 15 is 0 Å². The monoisotopic (exact) mass is 258 g/mol. The molecule has 0 fully saturated rings. The molecule has 0 unspecified atom stereocenters. The average Bonchev–Trinajstić information content (AvgIpc) is 2.68. The highest BCUT2D eigenvalue weighted by Crippen LogP contribution is 2.14. The van der Waals surface area contributed by atoms with E-state index in [4.69, 9.17) is 4.42 Å². The summed E-state index contributed by atoms with van der Waals surface area (Å²) in [5.74, 6) is 1.70. The van der Waals surface area contributed by atoms with Gasteiger partial charge in [0.2, 0.25) is 0 Å². The van der Waals surface area contributed by atoms with E-state index in [1.165, 1.54) is 0 Å². The first kappa shape index (κ1) is 13.2. The lowest BCUT2D eigenvalue weighted by molar-refractivity contribution is 0.251. The molecule has 0 spiro atoms. The molecule has 0 aliphatic heterocycles. The summed E-state index contributed by atoms with van der Waals surface area (Å²) in [7, 11) is 0. The van der Waals surface area contributed by atoms with E-state index < -0.39 is 0 Å². The number of nitrogens with one attached hydrogen (secondary N) is 2. The number of furan rings is 1. The van der Waals surface area contributed by atoms with Crippen LogP contribution in [0.2, 0.25) is 0 Å². The lowest BCUT2D eigenvalue weighted by Crippen LogP contribution is -2.28. The van der Waals surface area contributed by atoms with E-state index in [2.05, 4.69) is 10.6 Å². The molecule has 4 heteroatoms. The van der Waals surface area contributed by atoms with Crippen LogP contribution in [-0.4, -0.2) is 6.03 Å². The van der Waals surface area contributed by atoms with Gasteiger partial charge >= 0.3 is 6.03 Å². The molecule has 2 rings (SSSR count). The molecular weight excluding hydrogens is 240 g/mol. The Morgan fingerprint density at radius 2 is 1.95 bits per heavy atom. The maximum atomic E-state index is 11.8. The van der Waals surface area contributed by atoms with E-state index in [9.17, 15) is 4.79 Å². The van der Waals surface area contributed by atoms with Crippen molar-refractivity contribution in [3.8, 4) is 0 Å². The Hall–Kier alpha value is -2.23. The fourth-order valence-corrected chi connectivity index (χ4v) is 1.91. The molecule has 100 valence electrons. The van der Waals surface area contributed by atoms with Gasteiger partial charge in [-0.1, -0.05) is 18.2 Å². The van der Waals surface area contributed by atoms with Gasteiger partial charge in [-0.05, 0) is 38.5 Å². The van der Waals surface area contributed by atoms with E-state index in [0.29, 0.717) is 6.54 Å². The molecule has 0 radical (unpaired) electrons. The van der Waals surface area contributed by atoms with Gasteiger partial charge in [0, 0.05) is 17.8 Å². The first-order valence-electron chi connectivity index (χ1n) is 6.22. The zero-order valence-corrected chi connectivity index (χ0v) is 11.4. The number of carbonyl (C=O) groups excluding carboxylic acids is 1. The van der Waals surface area contributed by atoms with E-state index in [1.807, 2.05) is 51.1 Å². The van der Waals surface area contributed by atoms with Crippen LogP contribution >= 0.6 is 0 Å². The fraction of sp³-hybridized carbons (Fsp3) is 0.267. The fourth-order valence-electron chi connectivity index (χ4n) is 1.91. The Bertz CT molecular complexity index is 588. The molecule has 2 aromatic rings. The van der Waals surface area contributed by atoms with Crippen molar-refractivity contribution in [3.63, 3.8) is 0 Å². The summed E-state index contributed by atoms with van der Waals surface area (Å²) in [6.45, 7) is 6.20. The summed E-state index contributed by atoms with van der Waals surface area (Å²) >= 11 is 0. The predicted molar refractivity (Wildman–Crippen MR) is 75.2 cm³/mol. The molecular formula is C15H18N2O2. The number of benzene rings is 1. The van der Waals surface area contributed by atoms with Crippen LogP contribution < -0.4 is 10.6 Å². The second-order valence-corrected chi connectivity index (χ2v) is 4.56. The third-order valence-electron chi connectivity index (χ3n) is 2.98. The van der Waals surface area contributed by atoms with Crippen LogP contribution in [0.4, 0.5) is 10.5 Å². The van der Waals surface area contributed by atoms with Gasteiger partial charge in [0.15, 0.2) is 0 Å². The number of para-hydroxylation sites is 1. The molecule has 19 heavy (non-hydrogen) atoms. The van der Waals surface area contributed by atoms with E-state index in [0.717, 1.165) is 28.3 Å². The zero-order valence-electron chi connectivity index (χ0n) is 11.4. The standard InChI is InChI=1S/C15H18N2O2/c1-10-6-4-5-7-14(10)17-15(18)16-9-13-8-11(2)19-12(13)3/h4-8H,9H2,1-3H3,(H2,16,17,18). The lowest BCUT2D eigenvalue weighted by Gasteiger charge is -2.09. The number of amides is 2. The SMILES string of the molecule is Cc1cc(CNC(=O)Nc2ccccc2C)c(C)o1. The van der Waals surface area contributed by atoms with Crippen molar-refractivity contribution < 1.29 is 9.21 Å². The summed E-state index contributed by atoms with van der Waals surface area (Å²) in [5.41, 5.74) is 2.85. The average molecular weight is 258 g/mol. The molecule has 1 aromatic carbocycles. The smallest absolute Gasteiger partial charge is 0.319 e. The van der Waals surface area contributed by atoms with Gasteiger partial charge < -0.3 is 15.1 Å². The summed E-state index contributed by atoms with van der Waals surface area (Å²) in [6, 6.07) is 9.39. The van der Waals surface area contributed by atoms with Gasteiger partial charge in [0.05, 0.1) is 0 Å². The van der Waals surface area contributed by atoms with E-state index in [-0.39, 0.29) is 6.03 Å². The first-order valence-corrected chi connectivity index (χ1v) is 6.22. The predicted octanol–water partition coefficient (Wildman–Crippen LogP) is 3.53. The molecule has 0 bridgehead atoms. The first-order chi connectivity index (χ1) is 9.06. The quantitative estimate of drug-likeness (QED) is 0.885. The van der Waals surface area contributed by atoms with Gasteiger partial charge in [-0.25, -0.2) is 4.79 Å². The molecule has 0 aliphatic carbocycles. The molecule has 1 heterocycles. The van der Waals surface area contributed by atoms with Crippen LogP contribution in [0.5, 0.6) is 0 Å². The second kappa shape index (κ2) is 5.61. The van der Waals surface area contributed by atoms with Crippen LogP contribution in [0.15, 0.2) is 34.7 Å². The third kappa shape index (κ3) is 3.37. The number of anilines is 1. The lowest BCUT2D eigenvalue weighted by atomic mass is 10.2. The van der Waals surface area contributed by atoms with Crippen molar-refractivity contribution in [2.75, 3.05) is 5.32 Å². The molecule has 2 amide bonds. The van der Waals surface area contributed by atoms with Crippen molar-refractivity contribution in [1.82, 2.24) is 5.32 Å². The minimum atomic E-state index is -0.215. The number of carbonyl (C=O) groups is 1. The zero-order chi connectivity index (χ0) is 13.8. The summed E-state index contributed by atoms with van der Waals surface area (Å²) in [5, 5.41) is 5.64. The second-order valence-electron chi connectivity index (χ2n) is 4.56. The van der Waals surface area contributed by atoms with Crippen LogP contribution in [0.25, 0.3) is 0 Å². The number of rotatable bonds is 3. The van der Waals surface area contributed by atoms with Crippen molar-refractivity contribution in [3.05, 3.63) is 53.0 Å². The minimum absolute atomic E-state index is 0.215. The Balaban J connectivity index is 1.92. The van der Waals surface area contributed by atoms with Gasteiger partial charge in [0.1, 0.15) is 11.5 Å². The van der Waals surface area contributed by atoms with Gasteiger partial charge in [0.25, 0.3) is 0 Å². The number of urea groups is 1. The summed E-state index contributed by atoms with van der Waals surface area (Å²) in [4.78, 5) is 11.8. The Morgan fingerprint density at radius 1 is 1.21 bits per heavy atom. The minimum Gasteiger partial charge on any atom is -0.466 e. The molecule has 0 saturated heterocycles. The highest BCUT2D eigenvalue weighted by Gasteiger charge is 2.07. The highest BCUT2D eigenvalue weighted by molar-refractivity contribution is 5.89. The topological polar surface area (TPSA) is 54.3 Å². The highest BCUT2D eigenvalue weighted by atomic mass is 16.3. The maximum absolute atomic E-state index is 11.8. The molecule has 0 saturated carbocycles. The molecule has 2 N–H and O–H groups in total. The molecule has 0 aliphatic rings.